The van der Waals surface area contributed by atoms with Crippen LogP contribution < -0.4 is 5.32 Å². The zero-order valence-corrected chi connectivity index (χ0v) is 11.4. The second-order valence-corrected chi connectivity index (χ2v) is 4.95. The van der Waals surface area contributed by atoms with E-state index in [4.69, 9.17) is 4.74 Å². The summed E-state index contributed by atoms with van der Waals surface area (Å²) >= 11 is 0. The second kappa shape index (κ2) is 7.45. The van der Waals surface area contributed by atoms with E-state index in [1.54, 1.807) is 7.11 Å². The molecule has 1 heterocycles. The van der Waals surface area contributed by atoms with E-state index in [1.807, 2.05) is 12.5 Å². The minimum absolute atomic E-state index is 0.438. The van der Waals surface area contributed by atoms with Crippen LogP contribution in [0.3, 0.4) is 0 Å². The lowest BCUT2D eigenvalue weighted by molar-refractivity contribution is 0.180. The first kappa shape index (κ1) is 14.2. The molecule has 0 bridgehead atoms. The molecule has 1 rings (SSSR count). The maximum atomic E-state index is 5.11. The molecule has 0 radical (unpaired) electrons. The molecular formula is C13H25N3O. The Morgan fingerprint density at radius 3 is 2.82 bits per heavy atom. The molecule has 0 saturated heterocycles. The van der Waals surface area contributed by atoms with E-state index in [9.17, 15) is 0 Å². The molecule has 98 valence electrons. The molecule has 1 atom stereocenters. The molecule has 0 amide bonds. The number of imidazole rings is 1. The topological polar surface area (TPSA) is 39.1 Å². The maximum absolute atomic E-state index is 5.11. The van der Waals surface area contributed by atoms with Gasteiger partial charge in [0.05, 0.1) is 12.0 Å². The van der Waals surface area contributed by atoms with E-state index >= 15 is 0 Å². The molecule has 4 heteroatoms. The van der Waals surface area contributed by atoms with Crippen molar-refractivity contribution in [2.24, 2.45) is 5.92 Å². The fourth-order valence-electron chi connectivity index (χ4n) is 1.78. The summed E-state index contributed by atoms with van der Waals surface area (Å²) in [6.45, 7) is 9.34. The van der Waals surface area contributed by atoms with Crippen molar-refractivity contribution < 1.29 is 4.74 Å². The maximum Gasteiger partial charge on any atom is 0.0951 e. The van der Waals surface area contributed by atoms with Crippen LogP contribution in [-0.2, 0) is 11.3 Å². The highest BCUT2D eigenvalue weighted by Crippen LogP contribution is 2.13. The van der Waals surface area contributed by atoms with Crippen molar-refractivity contribution >= 4 is 0 Å². The number of ether oxygens (including phenoxy) is 1. The molecule has 0 fully saturated rings. The number of methoxy groups -OCH3 is 1. The molecule has 0 aliphatic carbocycles. The first-order valence-corrected chi connectivity index (χ1v) is 6.35. The van der Waals surface area contributed by atoms with Gasteiger partial charge in [-0.05, 0) is 25.8 Å². The lowest BCUT2D eigenvalue weighted by Gasteiger charge is -2.16. The van der Waals surface area contributed by atoms with Gasteiger partial charge in [-0.1, -0.05) is 13.8 Å². The van der Waals surface area contributed by atoms with Crippen LogP contribution in [0.25, 0.3) is 0 Å². The summed E-state index contributed by atoms with van der Waals surface area (Å²) in [5.74, 6) is 0.678. The molecule has 0 spiro atoms. The van der Waals surface area contributed by atoms with Gasteiger partial charge in [0, 0.05) is 32.5 Å². The number of aromatic nitrogens is 2. The van der Waals surface area contributed by atoms with Gasteiger partial charge < -0.3 is 14.6 Å². The third kappa shape index (κ3) is 4.88. The summed E-state index contributed by atoms with van der Waals surface area (Å²) in [5.41, 5.74) is 1.24. The van der Waals surface area contributed by atoms with Crippen LogP contribution in [0, 0.1) is 5.92 Å². The Bertz CT molecular complexity index is 309. The summed E-state index contributed by atoms with van der Waals surface area (Å²) in [6.07, 6.45) is 4.87. The first-order chi connectivity index (χ1) is 8.15. The van der Waals surface area contributed by atoms with Crippen LogP contribution in [-0.4, -0.2) is 29.8 Å². The normalized spacial score (nSPS) is 13.2. The highest BCUT2D eigenvalue weighted by Gasteiger charge is 2.09. The largest absolute Gasteiger partial charge is 0.385 e. The number of nitrogens with zero attached hydrogens (tertiary/aromatic N) is 2. The summed E-state index contributed by atoms with van der Waals surface area (Å²) in [7, 11) is 1.74. The molecule has 0 aromatic carbocycles. The Labute approximate surface area is 104 Å². The van der Waals surface area contributed by atoms with Crippen LogP contribution in [0.1, 0.15) is 38.9 Å². The summed E-state index contributed by atoms with van der Waals surface area (Å²) < 4.78 is 7.34. The highest BCUT2D eigenvalue weighted by atomic mass is 16.5. The van der Waals surface area contributed by atoms with Crippen molar-refractivity contribution in [1.82, 2.24) is 14.9 Å². The average molecular weight is 239 g/mol. The molecule has 1 aromatic rings. The van der Waals surface area contributed by atoms with Crippen molar-refractivity contribution in [3.8, 4) is 0 Å². The van der Waals surface area contributed by atoms with Crippen LogP contribution in [0.4, 0.5) is 0 Å². The van der Waals surface area contributed by atoms with Crippen molar-refractivity contribution in [2.75, 3.05) is 20.3 Å². The van der Waals surface area contributed by atoms with Crippen molar-refractivity contribution in [2.45, 2.75) is 39.8 Å². The van der Waals surface area contributed by atoms with Crippen LogP contribution in [0.5, 0.6) is 0 Å². The van der Waals surface area contributed by atoms with E-state index < -0.39 is 0 Å². The van der Waals surface area contributed by atoms with Crippen molar-refractivity contribution in [3.63, 3.8) is 0 Å². The van der Waals surface area contributed by atoms with E-state index in [1.165, 1.54) is 5.69 Å². The van der Waals surface area contributed by atoms with Crippen LogP contribution in [0.15, 0.2) is 12.5 Å². The molecule has 0 aliphatic heterocycles. The van der Waals surface area contributed by atoms with Gasteiger partial charge in [0.2, 0.25) is 0 Å². The van der Waals surface area contributed by atoms with Gasteiger partial charge in [-0.15, -0.1) is 0 Å². The van der Waals surface area contributed by atoms with E-state index in [2.05, 4.69) is 35.6 Å². The molecule has 4 nitrogen and oxygen atoms in total. The van der Waals surface area contributed by atoms with E-state index in [0.717, 1.165) is 26.1 Å². The number of rotatable bonds is 8. The zero-order valence-electron chi connectivity index (χ0n) is 11.4. The standard InChI is InChI=1S/C13H25N3O/c1-11(2)7-14-8-13-9-15-10-16(13)12(3)5-6-17-4/h9-12,14H,5-8H2,1-4H3. The summed E-state index contributed by atoms with van der Waals surface area (Å²) in [4.78, 5) is 4.23. The molecule has 17 heavy (non-hydrogen) atoms. The molecule has 1 unspecified atom stereocenters. The van der Waals surface area contributed by atoms with E-state index in [-0.39, 0.29) is 0 Å². The minimum atomic E-state index is 0.438. The Morgan fingerprint density at radius 2 is 2.18 bits per heavy atom. The lowest BCUT2D eigenvalue weighted by Crippen LogP contribution is -2.21. The molecule has 0 saturated carbocycles. The van der Waals surface area contributed by atoms with Gasteiger partial charge in [0.25, 0.3) is 0 Å². The lowest BCUT2D eigenvalue weighted by atomic mass is 10.2. The van der Waals surface area contributed by atoms with Crippen molar-refractivity contribution in [3.05, 3.63) is 18.2 Å². The van der Waals surface area contributed by atoms with Gasteiger partial charge in [0.1, 0.15) is 0 Å². The Hall–Kier alpha value is -0.870. The Morgan fingerprint density at radius 1 is 1.41 bits per heavy atom. The summed E-state index contributed by atoms with van der Waals surface area (Å²) in [5, 5.41) is 3.45. The third-order valence-corrected chi connectivity index (χ3v) is 2.82. The summed E-state index contributed by atoms with van der Waals surface area (Å²) in [6, 6.07) is 0.438. The quantitative estimate of drug-likeness (QED) is 0.756. The van der Waals surface area contributed by atoms with E-state index in [0.29, 0.717) is 12.0 Å². The monoisotopic (exact) mass is 239 g/mol. The smallest absolute Gasteiger partial charge is 0.0951 e. The zero-order chi connectivity index (χ0) is 12.7. The fraction of sp³-hybridized carbons (Fsp3) is 0.769. The number of hydrogen-bond donors (Lipinski definition) is 1. The molecular weight excluding hydrogens is 214 g/mol. The van der Waals surface area contributed by atoms with Crippen LogP contribution >= 0.6 is 0 Å². The van der Waals surface area contributed by atoms with Crippen molar-refractivity contribution in [1.29, 1.82) is 0 Å². The minimum Gasteiger partial charge on any atom is -0.385 e. The predicted octanol–water partition coefficient (Wildman–Crippen LogP) is 2.23. The molecule has 1 N–H and O–H groups in total. The first-order valence-electron chi connectivity index (χ1n) is 6.35. The van der Waals surface area contributed by atoms with Gasteiger partial charge in [0.15, 0.2) is 0 Å². The number of hydrogen-bond acceptors (Lipinski definition) is 3. The fourth-order valence-corrected chi connectivity index (χ4v) is 1.78. The third-order valence-electron chi connectivity index (χ3n) is 2.82. The second-order valence-electron chi connectivity index (χ2n) is 4.95. The highest BCUT2D eigenvalue weighted by molar-refractivity contribution is 4.99. The molecule has 0 aliphatic rings. The Kier molecular flexibility index (Phi) is 6.22. The van der Waals surface area contributed by atoms with Crippen LogP contribution in [0.2, 0.25) is 0 Å². The van der Waals surface area contributed by atoms with Gasteiger partial charge in [-0.2, -0.15) is 0 Å². The predicted molar refractivity (Wildman–Crippen MR) is 70.0 cm³/mol. The average Bonchev–Trinajstić information content (AvgIpc) is 2.73. The van der Waals surface area contributed by atoms with Gasteiger partial charge in [-0.25, -0.2) is 4.98 Å². The molecule has 1 aromatic heterocycles. The van der Waals surface area contributed by atoms with Gasteiger partial charge in [-0.3, -0.25) is 0 Å². The SMILES string of the molecule is COCCC(C)n1cncc1CNCC(C)C. The number of nitrogens with one attached hydrogen (secondary N) is 1. The van der Waals surface area contributed by atoms with Gasteiger partial charge >= 0.3 is 0 Å². The Balaban J connectivity index is 2.47.